The fourth-order valence-electron chi connectivity index (χ4n) is 3.13. The first-order valence-electron chi connectivity index (χ1n) is 6.66. The van der Waals surface area contributed by atoms with Crippen molar-refractivity contribution in [1.29, 1.82) is 0 Å². The average Bonchev–Trinajstić information content (AvgIpc) is 3.14. The molecule has 1 N–H and O–H groups in total. The van der Waals surface area contributed by atoms with E-state index in [9.17, 15) is 5.11 Å². The minimum Gasteiger partial charge on any atom is -0.387 e. The molecule has 3 unspecified atom stereocenters. The number of aliphatic hydroxyl groups is 1. The molecule has 3 atom stereocenters. The van der Waals surface area contributed by atoms with Crippen molar-refractivity contribution in [3.8, 4) is 0 Å². The molecule has 92 valence electrons. The largest absolute Gasteiger partial charge is 0.387 e. The summed E-state index contributed by atoms with van der Waals surface area (Å²) in [6, 6.07) is 9.17. The summed E-state index contributed by atoms with van der Waals surface area (Å²) in [5.74, 6) is 0.857. The summed E-state index contributed by atoms with van der Waals surface area (Å²) in [7, 11) is 2.17. The van der Waals surface area contributed by atoms with Gasteiger partial charge in [-0.25, -0.2) is 0 Å². The Kier molecular flexibility index (Phi) is 2.72. The van der Waals surface area contributed by atoms with Crippen LogP contribution in [-0.4, -0.2) is 29.1 Å². The molecular weight excluding hydrogens is 210 g/mol. The van der Waals surface area contributed by atoms with Crippen molar-refractivity contribution >= 4 is 0 Å². The summed E-state index contributed by atoms with van der Waals surface area (Å²) >= 11 is 0. The van der Waals surface area contributed by atoms with Gasteiger partial charge in [-0.1, -0.05) is 24.3 Å². The quantitative estimate of drug-likeness (QED) is 0.863. The van der Waals surface area contributed by atoms with Gasteiger partial charge in [-0.3, -0.25) is 4.90 Å². The Labute approximate surface area is 103 Å². The molecule has 0 radical (unpaired) electrons. The van der Waals surface area contributed by atoms with Crippen molar-refractivity contribution in [2.45, 2.75) is 44.4 Å². The van der Waals surface area contributed by atoms with Crippen molar-refractivity contribution in [3.63, 3.8) is 0 Å². The lowest BCUT2D eigenvalue weighted by Gasteiger charge is -2.32. The van der Waals surface area contributed by atoms with E-state index in [1.165, 1.54) is 18.4 Å². The normalized spacial score (nSPS) is 29.4. The van der Waals surface area contributed by atoms with Gasteiger partial charge < -0.3 is 5.11 Å². The maximum atomic E-state index is 10.4. The van der Waals surface area contributed by atoms with Crippen LogP contribution in [0.1, 0.15) is 37.0 Å². The van der Waals surface area contributed by atoms with Gasteiger partial charge in [0.1, 0.15) is 0 Å². The van der Waals surface area contributed by atoms with E-state index in [1.807, 2.05) is 6.07 Å². The van der Waals surface area contributed by atoms with Crippen molar-refractivity contribution < 1.29 is 5.11 Å². The lowest BCUT2D eigenvalue weighted by molar-refractivity contribution is 0.0503. The lowest BCUT2D eigenvalue weighted by atomic mass is 10.1. The monoisotopic (exact) mass is 231 g/mol. The zero-order valence-corrected chi connectivity index (χ0v) is 10.6. The lowest BCUT2D eigenvalue weighted by Crippen LogP contribution is -2.42. The first kappa shape index (κ1) is 11.2. The molecule has 1 saturated carbocycles. The van der Waals surface area contributed by atoms with Crippen molar-refractivity contribution in [2.24, 2.45) is 5.92 Å². The Bertz CT molecular complexity index is 413. The maximum absolute atomic E-state index is 10.4. The first-order valence-corrected chi connectivity index (χ1v) is 6.66. The second kappa shape index (κ2) is 4.11. The van der Waals surface area contributed by atoms with Crippen LogP contribution in [0, 0.1) is 5.92 Å². The highest BCUT2D eigenvalue weighted by Crippen LogP contribution is 2.39. The molecule has 0 spiro atoms. The Morgan fingerprint density at radius 2 is 2.00 bits per heavy atom. The average molecular weight is 231 g/mol. The zero-order chi connectivity index (χ0) is 12.0. The van der Waals surface area contributed by atoms with Gasteiger partial charge in [-0.05, 0) is 50.3 Å². The molecule has 1 aromatic carbocycles. The van der Waals surface area contributed by atoms with Crippen molar-refractivity contribution in [1.82, 2.24) is 4.90 Å². The Balaban J connectivity index is 1.78. The molecule has 2 heteroatoms. The number of rotatable bonds is 3. The summed E-state index contributed by atoms with van der Waals surface area (Å²) in [6.45, 7) is 2.30. The molecule has 0 bridgehead atoms. The van der Waals surface area contributed by atoms with Crippen LogP contribution in [0.25, 0.3) is 0 Å². The molecule has 0 saturated heterocycles. The molecule has 2 aliphatic rings. The molecule has 0 aromatic heterocycles. The molecule has 3 rings (SSSR count). The maximum Gasteiger partial charge on any atom is 0.0951 e. The van der Waals surface area contributed by atoms with E-state index in [0.717, 1.165) is 17.9 Å². The van der Waals surface area contributed by atoms with Gasteiger partial charge in [0.15, 0.2) is 0 Å². The number of benzene rings is 1. The molecule has 2 nitrogen and oxygen atoms in total. The molecule has 0 aliphatic heterocycles. The van der Waals surface area contributed by atoms with Gasteiger partial charge in [-0.2, -0.15) is 0 Å². The summed E-state index contributed by atoms with van der Waals surface area (Å²) < 4.78 is 0. The van der Waals surface area contributed by atoms with Crippen molar-refractivity contribution in [2.75, 3.05) is 7.05 Å². The number of hydrogen-bond acceptors (Lipinski definition) is 2. The Morgan fingerprint density at radius 1 is 1.29 bits per heavy atom. The van der Waals surface area contributed by atoms with E-state index in [4.69, 9.17) is 0 Å². The summed E-state index contributed by atoms with van der Waals surface area (Å²) in [5, 5.41) is 10.4. The predicted octanol–water partition coefficient (Wildman–Crippen LogP) is 2.38. The third kappa shape index (κ3) is 1.90. The predicted molar refractivity (Wildman–Crippen MR) is 68.8 cm³/mol. The summed E-state index contributed by atoms with van der Waals surface area (Å²) in [5.41, 5.74) is 2.45. The van der Waals surface area contributed by atoms with E-state index in [1.54, 1.807) is 0 Å². The van der Waals surface area contributed by atoms with Crippen LogP contribution in [0.15, 0.2) is 24.3 Å². The van der Waals surface area contributed by atoms with Gasteiger partial charge in [-0.15, -0.1) is 0 Å². The molecule has 2 aliphatic carbocycles. The van der Waals surface area contributed by atoms with E-state index in [-0.39, 0.29) is 12.1 Å². The fraction of sp³-hybridized carbons (Fsp3) is 0.600. The van der Waals surface area contributed by atoms with E-state index >= 15 is 0 Å². The van der Waals surface area contributed by atoms with Crippen LogP contribution < -0.4 is 0 Å². The van der Waals surface area contributed by atoms with E-state index in [2.05, 4.69) is 37.1 Å². The third-order valence-electron chi connectivity index (χ3n) is 4.64. The van der Waals surface area contributed by atoms with Crippen LogP contribution in [0.5, 0.6) is 0 Å². The van der Waals surface area contributed by atoms with Crippen LogP contribution in [-0.2, 0) is 6.42 Å². The molecule has 1 fully saturated rings. The molecule has 17 heavy (non-hydrogen) atoms. The van der Waals surface area contributed by atoms with E-state index in [0.29, 0.717) is 6.04 Å². The molecule has 1 aromatic rings. The van der Waals surface area contributed by atoms with Crippen LogP contribution in [0.3, 0.4) is 0 Å². The smallest absolute Gasteiger partial charge is 0.0951 e. The number of fused-ring (bicyclic) bond motifs is 1. The third-order valence-corrected chi connectivity index (χ3v) is 4.64. The topological polar surface area (TPSA) is 23.5 Å². The Hall–Kier alpha value is -0.860. The molecule has 0 amide bonds. The highest BCUT2D eigenvalue weighted by Gasteiger charge is 2.39. The van der Waals surface area contributed by atoms with Crippen LogP contribution in [0.2, 0.25) is 0 Å². The van der Waals surface area contributed by atoms with Crippen molar-refractivity contribution in [3.05, 3.63) is 35.4 Å². The van der Waals surface area contributed by atoms with Gasteiger partial charge in [0, 0.05) is 12.1 Å². The van der Waals surface area contributed by atoms with E-state index < -0.39 is 0 Å². The highest BCUT2D eigenvalue weighted by molar-refractivity contribution is 5.35. The molecule has 0 heterocycles. The molecular formula is C15H21NO. The number of hydrogen-bond donors (Lipinski definition) is 1. The van der Waals surface area contributed by atoms with Gasteiger partial charge in [0.05, 0.1) is 6.10 Å². The summed E-state index contributed by atoms with van der Waals surface area (Å²) in [6.07, 6.45) is 3.41. The number of nitrogens with zero attached hydrogens (tertiary/aromatic N) is 1. The SMILES string of the molecule is CC(C1CC1)N(C)C1Cc2ccccc2C1O. The second-order valence-corrected chi connectivity index (χ2v) is 5.66. The standard InChI is InChI=1S/C15H21NO/c1-10(11-7-8-11)16(2)14-9-12-5-3-4-6-13(12)15(14)17/h3-6,10-11,14-15,17H,7-9H2,1-2H3. The van der Waals surface area contributed by atoms with Gasteiger partial charge >= 0.3 is 0 Å². The first-order chi connectivity index (χ1) is 8.18. The second-order valence-electron chi connectivity index (χ2n) is 5.66. The van der Waals surface area contributed by atoms with Crippen LogP contribution >= 0.6 is 0 Å². The highest BCUT2D eigenvalue weighted by atomic mass is 16.3. The Morgan fingerprint density at radius 3 is 2.65 bits per heavy atom. The van der Waals surface area contributed by atoms with Crippen LogP contribution in [0.4, 0.5) is 0 Å². The summed E-state index contributed by atoms with van der Waals surface area (Å²) in [4.78, 5) is 2.39. The minimum atomic E-state index is -0.308. The minimum absolute atomic E-state index is 0.267. The number of aliphatic hydroxyl groups excluding tert-OH is 1. The van der Waals surface area contributed by atoms with Gasteiger partial charge in [0.25, 0.3) is 0 Å². The zero-order valence-electron chi connectivity index (χ0n) is 10.6. The van der Waals surface area contributed by atoms with Gasteiger partial charge in [0.2, 0.25) is 0 Å². The number of likely N-dealkylation sites (N-methyl/N-ethyl adjacent to an activating group) is 1. The fourth-order valence-corrected chi connectivity index (χ4v) is 3.13.